The zero-order valence-corrected chi connectivity index (χ0v) is 26.3. The van der Waals surface area contributed by atoms with E-state index in [1.54, 1.807) is 18.2 Å². The third-order valence-electron chi connectivity index (χ3n) is 9.82. The second kappa shape index (κ2) is 11.7. The number of ether oxygens (including phenoxy) is 1. The van der Waals surface area contributed by atoms with E-state index in [2.05, 4.69) is 0 Å². The molecule has 2 saturated heterocycles. The van der Waals surface area contributed by atoms with Crippen molar-refractivity contribution in [3.63, 3.8) is 0 Å². The van der Waals surface area contributed by atoms with E-state index in [0.717, 1.165) is 17.0 Å². The minimum absolute atomic E-state index is 0.0132. The Morgan fingerprint density at radius 3 is 2.39 bits per heavy atom. The van der Waals surface area contributed by atoms with Crippen molar-refractivity contribution in [2.24, 2.45) is 17.8 Å². The van der Waals surface area contributed by atoms with Crippen LogP contribution in [0.1, 0.15) is 50.0 Å². The van der Waals surface area contributed by atoms with Crippen LogP contribution in [0.5, 0.6) is 11.5 Å². The van der Waals surface area contributed by atoms with Crippen molar-refractivity contribution >= 4 is 58.5 Å². The number of carbonyl (C=O) groups is 5. The van der Waals surface area contributed by atoms with Gasteiger partial charge in [-0.15, -0.1) is 23.2 Å². The van der Waals surface area contributed by atoms with Crippen molar-refractivity contribution < 1.29 is 43.3 Å². The van der Waals surface area contributed by atoms with Gasteiger partial charge in [0, 0.05) is 24.4 Å². The van der Waals surface area contributed by atoms with Gasteiger partial charge in [-0.25, -0.2) is 9.29 Å². The molecule has 0 unspecified atom stereocenters. The predicted octanol–water partition coefficient (Wildman–Crippen LogP) is 4.75. The van der Waals surface area contributed by atoms with Gasteiger partial charge in [0.1, 0.15) is 5.82 Å². The molecule has 1 saturated carbocycles. The number of phenols is 1. The maximum atomic E-state index is 14.4. The third kappa shape index (κ3) is 4.61. The van der Waals surface area contributed by atoms with Gasteiger partial charge in [0.15, 0.2) is 21.2 Å². The Bertz CT molecular complexity index is 1680. The normalized spacial score (nSPS) is 30.2. The number of likely N-dealkylation sites (tertiary alicyclic amines) is 1. The number of methoxy groups -OCH3 is 1. The molecule has 2 aliphatic heterocycles. The molecule has 2 N–H and O–H groups in total. The fraction of sp³-hybridized carbons (Fsp3) is 0.424. The third-order valence-corrected chi connectivity index (χ3v) is 11.2. The number of aliphatic carboxylic acids is 1. The summed E-state index contributed by atoms with van der Waals surface area (Å²) in [6.45, 7) is 0.119. The molecule has 4 amide bonds. The topological polar surface area (TPSA) is 142 Å². The van der Waals surface area contributed by atoms with Crippen molar-refractivity contribution in [1.29, 1.82) is 0 Å². The van der Waals surface area contributed by atoms with Crippen LogP contribution in [0.15, 0.2) is 54.1 Å². The maximum absolute atomic E-state index is 14.4. The zero-order valence-electron chi connectivity index (χ0n) is 24.8. The number of hydrogen-bond acceptors (Lipinski definition) is 7. The number of phenolic OH excluding ortho intramolecular Hbond substituents is 1. The first-order valence-corrected chi connectivity index (χ1v) is 15.8. The number of rotatable bonds is 9. The van der Waals surface area contributed by atoms with E-state index >= 15 is 0 Å². The van der Waals surface area contributed by atoms with Gasteiger partial charge in [-0.05, 0) is 61.9 Å². The quantitative estimate of drug-likeness (QED) is 0.168. The molecule has 0 aromatic heterocycles. The lowest BCUT2D eigenvalue weighted by Gasteiger charge is -2.50. The molecule has 3 fully saturated rings. The van der Waals surface area contributed by atoms with E-state index in [9.17, 15) is 33.5 Å². The second-order valence-electron chi connectivity index (χ2n) is 12.2. The van der Waals surface area contributed by atoms with Gasteiger partial charge in [-0.1, -0.05) is 30.2 Å². The molecule has 4 aliphatic rings. The highest BCUT2D eigenvalue weighted by molar-refractivity contribution is 6.58. The summed E-state index contributed by atoms with van der Waals surface area (Å²) < 4.78 is 19.1. The van der Waals surface area contributed by atoms with Crippen molar-refractivity contribution in [3.8, 4) is 11.5 Å². The Morgan fingerprint density at radius 2 is 1.72 bits per heavy atom. The number of benzene rings is 2. The Morgan fingerprint density at radius 1 is 1.00 bits per heavy atom. The van der Waals surface area contributed by atoms with Gasteiger partial charge in [0.2, 0.25) is 11.8 Å². The largest absolute Gasteiger partial charge is 0.504 e. The number of alkyl halides is 2. The minimum atomic E-state index is -2.19. The number of fused-ring (bicyclic) bond motifs is 4. The van der Waals surface area contributed by atoms with Crippen molar-refractivity contribution in [2.45, 2.75) is 54.2 Å². The molecule has 2 heterocycles. The van der Waals surface area contributed by atoms with Crippen LogP contribution in [-0.4, -0.2) is 68.1 Å². The number of halogens is 3. The summed E-state index contributed by atoms with van der Waals surface area (Å²) in [5.74, 6) is -7.92. The highest BCUT2D eigenvalue weighted by Gasteiger charge is 2.77. The van der Waals surface area contributed by atoms with Crippen molar-refractivity contribution in [3.05, 3.63) is 65.5 Å². The number of carbonyl (C=O) groups excluding carboxylic acids is 4. The molecule has 2 aromatic rings. The first-order valence-electron chi connectivity index (χ1n) is 15.0. The van der Waals surface area contributed by atoms with Gasteiger partial charge in [0.25, 0.3) is 11.8 Å². The average molecular weight is 674 g/mol. The number of nitrogens with zero attached hydrogens (tertiary/aromatic N) is 2. The molecule has 2 aliphatic carbocycles. The van der Waals surface area contributed by atoms with Crippen LogP contribution in [0, 0.1) is 23.6 Å². The number of allylic oxidation sites excluding steroid dienone is 2. The van der Waals surface area contributed by atoms with Crippen molar-refractivity contribution in [2.75, 3.05) is 18.6 Å². The van der Waals surface area contributed by atoms with Crippen LogP contribution >= 0.6 is 23.2 Å². The molecule has 13 heteroatoms. The number of carboxylic acid groups (broad SMARTS) is 1. The number of anilines is 1. The van der Waals surface area contributed by atoms with E-state index < -0.39 is 62.9 Å². The summed E-state index contributed by atoms with van der Waals surface area (Å²) in [6.07, 6.45) is 3.00. The molecule has 0 bridgehead atoms. The van der Waals surface area contributed by atoms with Crippen LogP contribution in [0.25, 0.3) is 0 Å². The SMILES string of the molecule is COc1cccc([C@H]2C3=CC[C@@H]4C(=O)N(CCCCCC(=O)O)C(=O)[C@@H]4[C@@H]3C[C@@]3(Cl)C(=O)N(c4ccc(F)cc4)C(=O)[C@@]23Cl)c1O. The molecule has 2 aromatic carbocycles. The summed E-state index contributed by atoms with van der Waals surface area (Å²) in [6, 6.07) is 9.36. The number of aromatic hydroxyl groups is 1. The Kier molecular flexibility index (Phi) is 8.13. The fourth-order valence-corrected chi connectivity index (χ4v) is 8.62. The standard InChI is InChI=1S/C33H31Cl2FN2O8/c1-46-23-7-5-6-21(27(23)41)26-19-13-14-20-25(29(43)37(28(20)42)15-4-2-3-8-24(39)40)22(19)16-32(34)30(44)38(31(45)33(26,32)35)18-11-9-17(36)10-12-18/h5-7,9-13,20,22,25-26,41H,2-4,8,14-16H2,1H3,(H,39,40)/t20-,22+,25-,26+,32+,33-/m0/s1. The van der Waals surface area contributed by atoms with E-state index in [1.165, 1.54) is 30.2 Å². The van der Waals surface area contributed by atoms with Crippen LogP contribution in [0.3, 0.4) is 0 Å². The van der Waals surface area contributed by atoms with E-state index in [0.29, 0.717) is 24.8 Å². The zero-order chi connectivity index (χ0) is 33.1. The number of amides is 4. The number of unbranched alkanes of at least 4 members (excludes halogenated alkanes) is 2. The second-order valence-corrected chi connectivity index (χ2v) is 13.4. The van der Waals surface area contributed by atoms with Gasteiger partial charge < -0.3 is 14.9 Å². The maximum Gasteiger partial charge on any atom is 0.303 e. The van der Waals surface area contributed by atoms with Crippen LogP contribution in [0.4, 0.5) is 10.1 Å². The monoisotopic (exact) mass is 672 g/mol. The number of para-hydroxylation sites is 1. The molecule has 46 heavy (non-hydrogen) atoms. The smallest absolute Gasteiger partial charge is 0.303 e. The van der Waals surface area contributed by atoms with Gasteiger partial charge >= 0.3 is 5.97 Å². The molecule has 6 rings (SSSR count). The Balaban J connectivity index is 1.44. The molecular weight excluding hydrogens is 642 g/mol. The predicted molar refractivity (Wildman–Crippen MR) is 164 cm³/mol. The van der Waals surface area contributed by atoms with Gasteiger partial charge in [-0.3, -0.25) is 28.9 Å². The molecule has 10 nitrogen and oxygen atoms in total. The van der Waals surface area contributed by atoms with E-state index in [4.69, 9.17) is 33.0 Å². The first kappa shape index (κ1) is 32.0. The summed E-state index contributed by atoms with van der Waals surface area (Å²) in [5, 5.41) is 20.3. The van der Waals surface area contributed by atoms with E-state index in [1.807, 2.05) is 0 Å². The lowest BCUT2D eigenvalue weighted by atomic mass is 9.56. The summed E-state index contributed by atoms with van der Waals surface area (Å²) in [4.78, 5) is 64.7. The van der Waals surface area contributed by atoms with Crippen LogP contribution in [0.2, 0.25) is 0 Å². The number of hydrogen-bond donors (Lipinski definition) is 2. The highest BCUT2D eigenvalue weighted by Crippen LogP contribution is 2.66. The first-order chi connectivity index (χ1) is 21.9. The fourth-order valence-electron chi connectivity index (χ4n) is 7.69. The highest BCUT2D eigenvalue weighted by atomic mass is 35.5. The molecule has 242 valence electrons. The summed E-state index contributed by atoms with van der Waals surface area (Å²) in [7, 11) is 1.36. The number of carboxylic acids is 1. The lowest BCUT2D eigenvalue weighted by molar-refractivity contribution is -0.141. The lowest BCUT2D eigenvalue weighted by Crippen LogP contribution is -2.60. The van der Waals surface area contributed by atoms with Crippen molar-refractivity contribution in [1.82, 2.24) is 4.90 Å². The Hall–Kier alpha value is -3.96. The minimum Gasteiger partial charge on any atom is -0.504 e. The molecule has 6 atom stereocenters. The van der Waals surface area contributed by atoms with Crippen LogP contribution < -0.4 is 9.64 Å². The van der Waals surface area contributed by atoms with Gasteiger partial charge in [-0.2, -0.15) is 0 Å². The Labute approximate surface area is 273 Å². The number of imide groups is 2. The van der Waals surface area contributed by atoms with Crippen LogP contribution in [-0.2, 0) is 24.0 Å². The molecular formula is C33H31Cl2FN2O8. The average Bonchev–Trinajstić information content (AvgIpc) is 3.35. The van der Waals surface area contributed by atoms with Gasteiger partial charge in [0.05, 0.1) is 24.6 Å². The van der Waals surface area contributed by atoms with E-state index in [-0.39, 0.29) is 54.5 Å². The summed E-state index contributed by atoms with van der Waals surface area (Å²) in [5.41, 5.74) is 0.709. The molecule has 0 spiro atoms. The summed E-state index contributed by atoms with van der Waals surface area (Å²) >= 11 is 14.6. The molecule has 0 radical (unpaired) electrons.